The molecule has 0 aromatic heterocycles. The summed E-state index contributed by atoms with van der Waals surface area (Å²) in [5, 5.41) is 8.59. The van der Waals surface area contributed by atoms with E-state index in [1.807, 2.05) is 18.2 Å². The predicted octanol–water partition coefficient (Wildman–Crippen LogP) is 7.34. The number of carbonyl (C=O) groups excluding carboxylic acids is 1. The smallest absolute Gasteiger partial charge is 0.340 e. The summed E-state index contributed by atoms with van der Waals surface area (Å²) in [6, 6.07) is 15.3. The van der Waals surface area contributed by atoms with E-state index in [2.05, 4.69) is 36.2 Å². The fourth-order valence-corrected chi connectivity index (χ4v) is 2.89. The largest absolute Gasteiger partial charge is 0.422 e. The van der Waals surface area contributed by atoms with Crippen molar-refractivity contribution >= 4 is 17.3 Å². The summed E-state index contributed by atoms with van der Waals surface area (Å²) in [4.78, 5) is 12.3. The molecule has 0 saturated heterocycles. The molecule has 0 radical (unpaired) electrons. The number of esters is 1. The number of azo groups is 1. The first-order valence-corrected chi connectivity index (χ1v) is 11.1. The number of nitrogens with zero attached hydrogens (tertiary/aromatic N) is 2. The summed E-state index contributed by atoms with van der Waals surface area (Å²) in [6.07, 6.45) is 7.44. The van der Waals surface area contributed by atoms with E-state index in [4.69, 9.17) is 9.47 Å². The number of hydrogen-bond acceptors (Lipinski definition) is 5. The summed E-state index contributed by atoms with van der Waals surface area (Å²) in [5.74, 6) is -0.0501. The van der Waals surface area contributed by atoms with Gasteiger partial charge in [0.05, 0.1) is 5.69 Å². The van der Waals surface area contributed by atoms with Gasteiger partial charge in [-0.15, -0.1) is 5.11 Å². The molecule has 0 bridgehead atoms. The highest BCUT2D eigenvalue weighted by molar-refractivity contribution is 5.78. The van der Waals surface area contributed by atoms with Gasteiger partial charge < -0.3 is 9.47 Å². The molecule has 0 N–H and O–H groups in total. The molecule has 1 unspecified atom stereocenters. The molecule has 5 heteroatoms. The number of ether oxygens (including phenoxy) is 2. The minimum absolute atomic E-state index is 0.379. The lowest BCUT2D eigenvalue weighted by Gasteiger charge is -2.12. The van der Waals surface area contributed by atoms with Crippen LogP contribution in [-0.4, -0.2) is 18.7 Å². The monoisotopic (exact) mass is 410 g/mol. The number of aryl methyl sites for hydroxylation is 1. The molecular formula is C25H34N2O3. The van der Waals surface area contributed by atoms with E-state index in [0.29, 0.717) is 18.0 Å². The van der Waals surface area contributed by atoms with Crippen LogP contribution in [0.2, 0.25) is 0 Å². The summed E-state index contributed by atoms with van der Waals surface area (Å²) in [5.41, 5.74) is 2.59. The van der Waals surface area contributed by atoms with Crippen molar-refractivity contribution in [3.63, 3.8) is 0 Å². The van der Waals surface area contributed by atoms with Crippen LogP contribution in [0.15, 0.2) is 58.8 Å². The third-order valence-corrected chi connectivity index (χ3v) is 4.80. The van der Waals surface area contributed by atoms with Gasteiger partial charge in [0.1, 0.15) is 5.69 Å². The van der Waals surface area contributed by atoms with Gasteiger partial charge in [-0.1, -0.05) is 63.8 Å². The second kappa shape index (κ2) is 13.6. The van der Waals surface area contributed by atoms with Gasteiger partial charge in [-0.2, -0.15) is 5.11 Å². The molecule has 1 atom stereocenters. The number of rotatable bonds is 13. The van der Waals surface area contributed by atoms with Gasteiger partial charge in [-0.3, -0.25) is 0 Å². The van der Waals surface area contributed by atoms with Crippen molar-refractivity contribution < 1.29 is 14.3 Å². The average molecular weight is 411 g/mol. The molecule has 2 aromatic carbocycles. The van der Waals surface area contributed by atoms with Crippen molar-refractivity contribution in [3.05, 3.63) is 54.1 Å². The van der Waals surface area contributed by atoms with Crippen LogP contribution < -0.4 is 4.74 Å². The molecule has 30 heavy (non-hydrogen) atoms. The van der Waals surface area contributed by atoms with E-state index in [9.17, 15) is 4.79 Å². The fourth-order valence-electron chi connectivity index (χ4n) is 2.89. The average Bonchev–Trinajstić information content (AvgIpc) is 2.77. The maximum Gasteiger partial charge on any atom is 0.340 e. The lowest BCUT2D eigenvalue weighted by Crippen LogP contribution is -2.26. The van der Waals surface area contributed by atoms with Crippen LogP contribution in [0.3, 0.4) is 0 Å². The Bertz CT molecular complexity index is 787. The Labute approximate surface area is 180 Å². The zero-order valence-electron chi connectivity index (χ0n) is 18.5. The van der Waals surface area contributed by atoms with E-state index in [1.165, 1.54) is 31.2 Å². The van der Waals surface area contributed by atoms with E-state index in [-0.39, 0.29) is 0 Å². The quantitative estimate of drug-likeness (QED) is 0.150. The molecule has 0 heterocycles. The molecule has 0 amide bonds. The van der Waals surface area contributed by atoms with Crippen molar-refractivity contribution in [1.29, 1.82) is 0 Å². The highest BCUT2D eigenvalue weighted by atomic mass is 16.6. The van der Waals surface area contributed by atoms with Crippen molar-refractivity contribution in [2.45, 2.75) is 71.8 Å². The molecule has 0 aliphatic heterocycles. The fraction of sp³-hybridized carbons (Fsp3) is 0.480. The molecule has 5 nitrogen and oxygen atoms in total. The Morgan fingerprint density at radius 2 is 1.63 bits per heavy atom. The van der Waals surface area contributed by atoms with Gasteiger partial charge in [0.2, 0.25) is 0 Å². The van der Waals surface area contributed by atoms with Crippen molar-refractivity contribution in [2.24, 2.45) is 10.2 Å². The van der Waals surface area contributed by atoms with Gasteiger partial charge in [0.25, 0.3) is 0 Å². The lowest BCUT2D eigenvalue weighted by molar-refractivity contribution is -0.146. The van der Waals surface area contributed by atoms with Crippen LogP contribution in [-0.2, 0) is 16.0 Å². The predicted molar refractivity (Wildman–Crippen MR) is 121 cm³/mol. The zero-order valence-corrected chi connectivity index (χ0v) is 18.5. The van der Waals surface area contributed by atoms with E-state index < -0.39 is 12.1 Å². The van der Waals surface area contributed by atoms with Gasteiger partial charge in [0, 0.05) is 6.61 Å². The molecule has 162 valence electrons. The Hall–Kier alpha value is -2.53. The van der Waals surface area contributed by atoms with Gasteiger partial charge in [0.15, 0.2) is 11.9 Å². The first kappa shape index (κ1) is 23.7. The second-order valence-electron chi connectivity index (χ2n) is 7.43. The van der Waals surface area contributed by atoms with Crippen LogP contribution in [0.4, 0.5) is 11.4 Å². The number of para-hydroxylation sites is 1. The normalized spacial score (nSPS) is 12.2. The minimum Gasteiger partial charge on any atom is -0.422 e. The second-order valence-corrected chi connectivity index (χ2v) is 7.43. The van der Waals surface area contributed by atoms with Crippen LogP contribution in [0.25, 0.3) is 0 Å². The summed E-state index contributed by atoms with van der Waals surface area (Å²) >= 11 is 0. The lowest BCUT2D eigenvalue weighted by atomic mass is 10.1. The van der Waals surface area contributed by atoms with E-state index in [1.54, 1.807) is 25.1 Å². The number of hydrogen-bond donors (Lipinski definition) is 0. The molecule has 0 fully saturated rings. The van der Waals surface area contributed by atoms with Crippen LogP contribution in [0.1, 0.15) is 64.9 Å². The van der Waals surface area contributed by atoms with Crippen molar-refractivity contribution in [1.82, 2.24) is 0 Å². The standard InChI is InChI=1S/C25H34N2O3/c1-4-6-8-9-12-21-15-17-22(18-16-21)26-27-23-13-10-11-14-24(23)30-25(28)20(3)29-19-7-5-2/h10-11,13-18,20H,4-9,12,19H2,1-3H3/b27-26+. The summed E-state index contributed by atoms with van der Waals surface area (Å²) < 4.78 is 11.0. The third kappa shape index (κ3) is 8.46. The van der Waals surface area contributed by atoms with Gasteiger partial charge >= 0.3 is 5.97 Å². The first-order chi connectivity index (χ1) is 14.6. The highest BCUT2D eigenvalue weighted by Gasteiger charge is 2.17. The van der Waals surface area contributed by atoms with Gasteiger partial charge in [-0.05, 0) is 56.0 Å². The Balaban J connectivity index is 1.95. The molecule has 0 aliphatic carbocycles. The Kier molecular flexibility index (Phi) is 10.8. The molecule has 0 aliphatic rings. The van der Waals surface area contributed by atoms with Crippen molar-refractivity contribution in [3.8, 4) is 5.75 Å². The maximum atomic E-state index is 12.3. The van der Waals surface area contributed by atoms with Crippen LogP contribution in [0.5, 0.6) is 5.75 Å². The number of unbranched alkanes of at least 4 members (excludes halogenated alkanes) is 4. The zero-order chi connectivity index (χ0) is 21.6. The van der Waals surface area contributed by atoms with E-state index in [0.717, 1.165) is 24.9 Å². The summed E-state index contributed by atoms with van der Waals surface area (Å²) in [7, 11) is 0. The topological polar surface area (TPSA) is 60.2 Å². The maximum absolute atomic E-state index is 12.3. The summed E-state index contributed by atoms with van der Waals surface area (Å²) in [6.45, 7) is 6.55. The molecule has 0 saturated carbocycles. The molecule has 2 rings (SSSR count). The minimum atomic E-state index is -0.619. The highest BCUT2D eigenvalue weighted by Crippen LogP contribution is 2.29. The van der Waals surface area contributed by atoms with Crippen LogP contribution >= 0.6 is 0 Å². The third-order valence-electron chi connectivity index (χ3n) is 4.80. The molecule has 0 spiro atoms. The Morgan fingerprint density at radius 3 is 2.37 bits per heavy atom. The van der Waals surface area contributed by atoms with Gasteiger partial charge in [-0.25, -0.2) is 4.79 Å². The van der Waals surface area contributed by atoms with Crippen LogP contribution in [0, 0.1) is 0 Å². The molecular weight excluding hydrogens is 376 g/mol. The van der Waals surface area contributed by atoms with E-state index >= 15 is 0 Å². The number of benzene rings is 2. The number of carbonyl (C=O) groups is 1. The Morgan fingerprint density at radius 1 is 0.900 bits per heavy atom. The molecule has 2 aromatic rings. The van der Waals surface area contributed by atoms with Crippen molar-refractivity contribution in [2.75, 3.05) is 6.61 Å². The first-order valence-electron chi connectivity index (χ1n) is 11.1. The SMILES string of the molecule is CCCCCCc1ccc(/N=N/c2ccccc2OC(=O)C(C)OCCCC)cc1.